The quantitative estimate of drug-likeness (QED) is 0.184. The number of rotatable bonds is 5. The van der Waals surface area contributed by atoms with E-state index >= 15 is 4.39 Å². The highest BCUT2D eigenvalue weighted by Gasteiger charge is 2.22. The number of aryl methyl sites for hydroxylation is 1. The molecule has 3 aromatic heterocycles. The first-order chi connectivity index (χ1) is 19.1. The molecule has 6 nitrogen and oxygen atoms in total. The third-order valence-corrected chi connectivity index (χ3v) is 7.53. The van der Waals surface area contributed by atoms with E-state index in [-0.39, 0.29) is 7.24 Å². The minimum atomic E-state index is -0.303. The highest BCUT2D eigenvalue weighted by molar-refractivity contribution is 5.96. The fourth-order valence-corrected chi connectivity index (χ4v) is 5.69. The maximum atomic E-state index is 15.4. The minimum absolute atomic E-state index is 0. The van der Waals surface area contributed by atoms with E-state index in [1.807, 2.05) is 45.2 Å². The second kappa shape index (κ2) is 11.3. The Balaban J connectivity index is 0.00000121. The SMILES string of the molecule is C=Cc1cc(-c2ncc3c(-c4cc(F)c5nc(C)n(C6CCCCCC6)c5c4)c[nH]c3n2)ccc1N=C.CC.[HH]. The lowest BCUT2D eigenvalue weighted by Crippen LogP contribution is -2.09. The number of fused-ring (bicyclic) bond motifs is 2. The van der Waals surface area contributed by atoms with Gasteiger partial charge in [0, 0.05) is 41.9 Å². The van der Waals surface area contributed by atoms with Gasteiger partial charge in [0.05, 0.1) is 11.2 Å². The number of aromatic amines is 1. The molecule has 2 aromatic carbocycles. The van der Waals surface area contributed by atoms with E-state index in [1.54, 1.807) is 18.3 Å². The van der Waals surface area contributed by atoms with E-state index in [1.165, 1.54) is 25.7 Å². The van der Waals surface area contributed by atoms with Crippen LogP contribution in [0.2, 0.25) is 0 Å². The van der Waals surface area contributed by atoms with Crippen molar-refractivity contribution < 1.29 is 5.82 Å². The van der Waals surface area contributed by atoms with Gasteiger partial charge in [-0.3, -0.25) is 4.99 Å². The number of aromatic nitrogens is 5. The molecule has 6 rings (SSSR count). The molecule has 1 saturated carbocycles. The van der Waals surface area contributed by atoms with E-state index in [2.05, 4.69) is 43.9 Å². The summed E-state index contributed by atoms with van der Waals surface area (Å²) >= 11 is 0. The van der Waals surface area contributed by atoms with E-state index in [4.69, 9.17) is 4.98 Å². The Kier molecular flexibility index (Phi) is 7.68. The van der Waals surface area contributed by atoms with Crippen molar-refractivity contribution >= 4 is 40.5 Å². The lowest BCUT2D eigenvalue weighted by molar-refractivity contribution is 0.446. The average molecular weight is 525 g/mol. The van der Waals surface area contributed by atoms with Crippen molar-refractivity contribution in [1.29, 1.82) is 0 Å². The predicted molar refractivity (Wildman–Crippen MR) is 162 cm³/mol. The number of nitrogens with zero attached hydrogens (tertiary/aromatic N) is 5. The lowest BCUT2D eigenvalue weighted by atomic mass is 10.0. The zero-order chi connectivity index (χ0) is 27.5. The molecule has 1 aliphatic rings. The standard InChI is InChI=1S/C30H29FN6.C2H6.H2/c1-4-19-13-20(11-12-26(19)32-3)29-33-17-24-23(16-34-30(24)36-29)21-14-25(31)28-27(15-21)37(18(2)35-28)22-9-7-5-6-8-10-22;1-2;/h4,11-17,22H,1,3,5-10H2,2H3,(H,33,34,36);1-2H3;1H. The molecule has 0 atom stereocenters. The Labute approximate surface area is 230 Å². The van der Waals surface area contributed by atoms with Crippen LogP contribution in [-0.2, 0) is 0 Å². The lowest BCUT2D eigenvalue weighted by Gasteiger charge is -2.19. The van der Waals surface area contributed by atoms with Gasteiger partial charge in [0.25, 0.3) is 0 Å². The predicted octanol–water partition coefficient (Wildman–Crippen LogP) is 9.23. The molecule has 7 heteroatoms. The van der Waals surface area contributed by atoms with Crippen molar-refractivity contribution in [3.8, 4) is 22.5 Å². The van der Waals surface area contributed by atoms with Gasteiger partial charge in [0.15, 0.2) is 11.6 Å². The van der Waals surface area contributed by atoms with Gasteiger partial charge < -0.3 is 9.55 Å². The molecular formula is C32H37FN6. The largest absolute Gasteiger partial charge is 0.345 e. The summed E-state index contributed by atoms with van der Waals surface area (Å²) in [6, 6.07) is 9.74. The summed E-state index contributed by atoms with van der Waals surface area (Å²) in [5.41, 5.74) is 6.14. The Hall–Kier alpha value is -4.13. The van der Waals surface area contributed by atoms with E-state index in [0.717, 1.165) is 57.5 Å². The summed E-state index contributed by atoms with van der Waals surface area (Å²) in [6.45, 7) is 13.5. The van der Waals surface area contributed by atoms with Crippen LogP contribution < -0.4 is 0 Å². The summed E-state index contributed by atoms with van der Waals surface area (Å²) in [5, 5.41) is 0.841. The van der Waals surface area contributed by atoms with Crippen molar-refractivity contribution in [3.63, 3.8) is 0 Å². The summed E-state index contributed by atoms with van der Waals surface area (Å²) in [4.78, 5) is 21.3. The summed E-state index contributed by atoms with van der Waals surface area (Å²) < 4.78 is 17.6. The Morgan fingerprint density at radius 1 is 1.08 bits per heavy atom. The third-order valence-electron chi connectivity index (χ3n) is 7.53. The van der Waals surface area contributed by atoms with Gasteiger partial charge >= 0.3 is 0 Å². The molecule has 0 radical (unpaired) electrons. The average Bonchev–Trinajstić information content (AvgIpc) is 3.43. The van der Waals surface area contributed by atoms with Crippen LogP contribution in [0.25, 0.3) is 50.7 Å². The topological polar surface area (TPSA) is 71.8 Å². The second-order valence-corrected chi connectivity index (χ2v) is 9.79. The van der Waals surface area contributed by atoms with Crippen LogP contribution in [-0.4, -0.2) is 31.2 Å². The molecule has 1 aliphatic carbocycles. The molecule has 0 saturated heterocycles. The Morgan fingerprint density at radius 2 is 1.85 bits per heavy atom. The molecule has 1 fully saturated rings. The van der Waals surface area contributed by atoms with Gasteiger partial charge in [0.2, 0.25) is 0 Å². The summed E-state index contributed by atoms with van der Waals surface area (Å²) in [7, 11) is 0. The summed E-state index contributed by atoms with van der Waals surface area (Å²) in [6.07, 6.45) is 12.6. The van der Waals surface area contributed by atoms with Crippen LogP contribution in [0.3, 0.4) is 0 Å². The fourth-order valence-electron chi connectivity index (χ4n) is 5.69. The zero-order valence-electron chi connectivity index (χ0n) is 23.0. The molecule has 1 N–H and O–H groups in total. The van der Waals surface area contributed by atoms with Crippen LogP contribution in [0, 0.1) is 12.7 Å². The van der Waals surface area contributed by atoms with E-state index in [0.29, 0.717) is 23.0 Å². The molecule has 0 aliphatic heterocycles. The van der Waals surface area contributed by atoms with Gasteiger partial charge in [0.1, 0.15) is 17.0 Å². The van der Waals surface area contributed by atoms with Crippen molar-refractivity contribution in [3.05, 3.63) is 66.5 Å². The number of nitrogens with one attached hydrogen (secondary N) is 1. The van der Waals surface area contributed by atoms with Crippen LogP contribution in [0.1, 0.15) is 71.2 Å². The number of halogens is 1. The molecule has 202 valence electrons. The third kappa shape index (κ3) is 4.89. The highest BCUT2D eigenvalue weighted by atomic mass is 19.1. The number of hydrogen-bond donors (Lipinski definition) is 1. The van der Waals surface area contributed by atoms with Crippen molar-refractivity contribution in [2.75, 3.05) is 0 Å². The van der Waals surface area contributed by atoms with E-state index in [9.17, 15) is 0 Å². The molecule has 5 aromatic rings. The van der Waals surface area contributed by atoms with Crippen LogP contribution in [0.4, 0.5) is 10.1 Å². The maximum Gasteiger partial charge on any atom is 0.161 e. The van der Waals surface area contributed by atoms with Crippen molar-refractivity contribution in [2.24, 2.45) is 4.99 Å². The second-order valence-electron chi connectivity index (χ2n) is 9.79. The molecule has 0 amide bonds. The zero-order valence-corrected chi connectivity index (χ0v) is 23.0. The van der Waals surface area contributed by atoms with Gasteiger partial charge in [-0.15, -0.1) is 0 Å². The smallest absolute Gasteiger partial charge is 0.161 e. The molecule has 0 unspecified atom stereocenters. The monoisotopic (exact) mass is 524 g/mol. The Morgan fingerprint density at radius 3 is 2.56 bits per heavy atom. The van der Waals surface area contributed by atoms with Gasteiger partial charge in [-0.25, -0.2) is 19.3 Å². The first-order valence-corrected chi connectivity index (χ1v) is 13.8. The molecule has 39 heavy (non-hydrogen) atoms. The number of hydrogen-bond acceptors (Lipinski definition) is 4. The molecule has 0 spiro atoms. The van der Waals surface area contributed by atoms with Gasteiger partial charge in [-0.1, -0.05) is 52.2 Å². The van der Waals surface area contributed by atoms with Gasteiger partial charge in [-0.2, -0.15) is 0 Å². The van der Waals surface area contributed by atoms with E-state index < -0.39 is 0 Å². The van der Waals surface area contributed by atoms with Crippen LogP contribution in [0.15, 0.2) is 54.3 Å². The number of aliphatic imine (C=N–C) groups is 1. The maximum absolute atomic E-state index is 15.4. The normalized spacial score (nSPS) is 14.2. The highest BCUT2D eigenvalue weighted by Crippen LogP contribution is 2.36. The summed E-state index contributed by atoms with van der Waals surface area (Å²) in [5.74, 6) is 1.16. The molecule has 3 heterocycles. The Bertz CT molecular complexity index is 1660. The van der Waals surface area contributed by atoms with Crippen molar-refractivity contribution in [1.82, 2.24) is 24.5 Å². The first-order valence-electron chi connectivity index (χ1n) is 13.8. The number of imidazole rings is 1. The van der Waals surface area contributed by atoms with Crippen LogP contribution >= 0.6 is 0 Å². The number of benzene rings is 2. The molecular weight excluding hydrogens is 487 g/mol. The van der Waals surface area contributed by atoms with Crippen molar-refractivity contribution in [2.45, 2.75) is 65.3 Å². The fraction of sp³-hybridized carbons (Fsp3) is 0.312. The number of H-pyrrole nitrogens is 1. The molecule has 0 bridgehead atoms. The first kappa shape index (κ1) is 26.5. The van der Waals surface area contributed by atoms with Crippen LogP contribution in [0.5, 0.6) is 0 Å². The minimum Gasteiger partial charge on any atom is -0.345 e. The van der Waals surface area contributed by atoms with Gasteiger partial charge in [-0.05, 0) is 62.4 Å².